The first-order valence-electron chi connectivity index (χ1n) is 11.0. The van der Waals surface area contributed by atoms with E-state index in [0.29, 0.717) is 18.6 Å². The summed E-state index contributed by atoms with van der Waals surface area (Å²) in [6.07, 6.45) is -7.19. The smallest absolute Gasteiger partial charge is 0.389 e. The average molecular weight is 495 g/mol. The van der Waals surface area contributed by atoms with E-state index in [0.717, 1.165) is 19.3 Å². The minimum atomic E-state index is -5.04. The number of anilines is 1. The number of carbonyl (C=O) groups is 2. The molecule has 1 saturated heterocycles. The summed E-state index contributed by atoms with van der Waals surface area (Å²) in [5.41, 5.74) is 0.751. The molecule has 0 aromatic heterocycles. The lowest BCUT2D eigenvalue weighted by Crippen LogP contribution is -2.52. The Morgan fingerprint density at radius 3 is 2.03 bits per heavy atom. The summed E-state index contributed by atoms with van der Waals surface area (Å²) in [5.74, 6) is -1.31. The van der Waals surface area contributed by atoms with Crippen molar-refractivity contribution in [3.8, 4) is 0 Å². The molecule has 2 fully saturated rings. The summed E-state index contributed by atoms with van der Waals surface area (Å²) < 4.78 is 78.0. The van der Waals surface area contributed by atoms with Crippen molar-refractivity contribution in [3.63, 3.8) is 0 Å². The summed E-state index contributed by atoms with van der Waals surface area (Å²) in [7, 11) is 0. The first kappa shape index (κ1) is 26.3. The van der Waals surface area contributed by atoms with Crippen LogP contribution in [0.1, 0.15) is 56.1 Å². The van der Waals surface area contributed by atoms with Gasteiger partial charge in [-0.2, -0.15) is 26.3 Å². The minimum absolute atomic E-state index is 0.0336. The molecule has 2 amide bonds. The molecule has 1 aromatic carbocycles. The van der Waals surface area contributed by atoms with Gasteiger partial charge in [0.2, 0.25) is 11.8 Å². The molecule has 0 spiro atoms. The minimum Gasteiger partial charge on any atom is -0.389 e. The van der Waals surface area contributed by atoms with E-state index in [2.05, 4.69) is 0 Å². The van der Waals surface area contributed by atoms with Crippen LogP contribution >= 0.6 is 0 Å². The van der Waals surface area contributed by atoms with Crippen molar-refractivity contribution >= 4 is 17.5 Å². The molecule has 0 unspecified atom stereocenters. The van der Waals surface area contributed by atoms with Crippen LogP contribution in [0.5, 0.6) is 0 Å². The Labute approximate surface area is 192 Å². The molecule has 1 aliphatic heterocycles. The van der Waals surface area contributed by atoms with Crippen LogP contribution in [0, 0.1) is 5.92 Å². The van der Waals surface area contributed by atoms with E-state index in [4.69, 9.17) is 5.73 Å². The monoisotopic (exact) mass is 495 g/mol. The average Bonchev–Trinajstić information content (AvgIpc) is 2.72. The molecule has 1 heterocycles. The second-order valence-corrected chi connectivity index (χ2v) is 9.12. The number of nitrogens with zero attached hydrogens (tertiary/aromatic N) is 1. The van der Waals surface area contributed by atoms with Crippen molar-refractivity contribution in [2.24, 2.45) is 11.7 Å². The molecule has 2 aliphatic rings. The van der Waals surface area contributed by atoms with Crippen LogP contribution < -0.4 is 11.1 Å². The fraction of sp³-hybridized carbons (Fsp3) is 0.636. The van der Waals surface area contributed by atoms with Gasteiger partial charge in [-0.05, 0) is 43.9 Å². The molecule has 3 rings (SSSR count). The van der Waals surface area contributed by atoms with Gasteiger partial charge in [0.25, 0.3) is 0 Å². The van der Waals surface area contributed by atoms with Crippen molar-refractivity contribution in [2.75, 3.05) is 18.4 Å². The van der Waals surface area contributed by atoms with E-state index < -0.39 is 47.1 Å². The number of benzene rings is 1. The van der Waals surface area contributed by atoms with Gasteiger partial charge in [0.05, 0.1) is 29.1 Å². The van der Waals surface area contributed by atoms with Gasteiger partial charge in [-0.15, -0.1) is 0 Å². The molecule has 1 saturated carbocycles. The van der Waals surface area contributed by atoms with E-state index in [9.17, 15) is 41.0 Å². The quantitative estimate of drug-likeness (QED) is 0.552. The molecule has 6 nitrogen and oxygen atoms in total. The highest BCUT2D eigenvalue weighted by molar-refractivity contribution is 5.91. The molecule has 190 valence electrons. The van der Waals surface area contributed by atoms with Crippen molar-refractivity contribution in [3.05, 3.63) is 29.3 Å². The van der Waals surface area contributed by atoms with Crippen LogP contribution in [0.3, 0.4) is 0 Å². The zero-order chi connectivity index (χ0) is 25.3. The Morgan fingerprint density at radius 1 is 1.00 bits per heavy atom. The summed E-state index contributed by atoms with van der Waals surface area (Å²) >= 11 is 0. The highest BCUT2D eigenvalue weighted by Crippen LogP contribution is 2.38. The second-order valence-electron chi connectivity index (χ2n) is 9.12. The number of piperidine rings is 1. The Bertz CT molecular complexity index is 878. The molecule has 0 radical (unpaired) electrons. The van der Waals surface area contributed by atoms with Crippen LogP contribution in [-0.2, 0) is 21.9 Å². The third-order valence-corrected chi connectivity index (χ3v) is 6.50. The van der Waals surface area contributed by atoms with Gasteiger partial charge in [-0.1, -0.05) is 12.8 Å². The van der Waals surface area contributed by atoms with Crippen LogP contribution in [0.4, 0.5) is 32.0 Å². The molecule has 34 heavy (non-hydrogen) atoms. The van der Waals surface area contributed by atoms with Gasteiger partial charge in [0.15, 0.2) is 0 Å². The predicted molar refractivity (Wildman–Crippen MR) is 110 cm³/mol. The van der Waals surface area contributed by atoms with E-state index >= 15 is 0 Å². The van der Waals surface area contributed by atoms with Crippen molar-refractivity contribution < 1.29 is 41.0 Å². The maximum absolute atomic E-state index is 13.0. The van der Waals surface area contributed by atoms with E-state index in [1.54, 1.807) is 4.90 Å². The first-order chi connectivity index (χ1) is 15.7. The second kappa shape index (κ2) is 9.73. The number of alkyl halides is 6. The lowest BCUT2D eigenvalue weighted by atomic mass is 9.82. The molecule has 1 aliphatic carbocycles. The van der Waals surface area contributed by atoms with Crippen molar-refractivity contribution in [1.82, 2.24) is 4.90 Å². The van der Waals surface area contributed by atoms with Gasteiger partial charge in [-0.3, -0.25) is 9.59 Å². The topological polar surface area (TPSA) is 95.7 Å². The van der Waals surface area contributed by atoms with E-state index in [-0.39, 0.29) is 49.9 Å². The maximum Gasteiger partial charge on any atom is 0.416 e. The number of amides is 2. The SMILES string of the molecule is N[C@@H]1CCCC[C@H]1C(=O)N1CCC(O)(CC(=O)Nc2cc(C(F)(F)F)cc(C(F)(F)F)c2)CC1. The van der Waals surface area contributed by atoms with Gasteiger partial charge in [0.1, 0.15) is 0 Å². The zero-order valence-electron chi connectivity index (χ0n) is 18.3. The van der Waals surface area contributed by atoms with E-state index in [1.807, 2.05) is 5.32 Å². The lowest BCUT2D eigenvalue weighted by Gasteiger charge is -2.40. The van der Waals surface area contributed by atoms with Crippen molar-refractivity contribution in [2.45, 2.75) is 68.9 Å². The Morgan fingerprint density at radius 2 is 1.53 bits per heavy atom. The van der Waals surface area contributed by atoms with Gasteiger partial charge < -0.3 is 21.1 Å². The van der Waals surface area contributed by atoms with Crippen LogP contribution in [0.2, 0.25) is 0 Å². The van der Waals surface area contributed by atoms with Crippen molar-refractivity contribution in [1.29, 1.82) is 0 Å². The van der Waals surface area contributed by atoms with Crippen LogP contribution in [0.25, 0.3) is 0 Å². The van der Waals surface area contributed by atoms with E-state index in [1.165, 1.54) is 0 Å². The summed E-state index contributed by atoms with van der Waals surface area (Å²) in [4.78, 5) is 26.7. The fourth-order valence-corrected chi connectivity index (χ4v) is 4.55. The number of hydrogen-bond acceptors (Lipinski definition) is 4. The Hall–Kier alpha value is -2.34. The predicted octanol–water partition coefficient (Wildman–Crippen LogP) is 3.92. The molecular weight excluding hydrogens is 468 g/mol. The third-order valence-electron chi connectivity index (χ3n) is 6.50. The third kappa shape index (κ3) is 6.41. The summed E-state index contributed by atoms with van der Waals surface area (Å²) in [6, 6.07) is 0.563. The maximum atomic E-state index is 13.0. The molecule has 1 aromatic rings. The zero-order valence-corrected chi connectivity index (χ0v) is 18.3. The number of likely N-dealkylation sites (tertiary alicyclic amines) is 1. The number of nitrogens with two attached hydrogens (primary N) is 1. The summed E-state index contributed by atoms with van der Waals surface area (Å²) in [6.45, 7) is 0.348. The number of rotatable bonds is 4. The summed E-state index contributed by atoms with van der Waals surface area (Å²) in [5, 5.41) is 12.8. The van der Waals surface area contributed by atoms with Gasteiger partial charge >= 0.3 is 12.4 Å². The lowest BCUT2D eigenvalue weighted by molar-refractivity contribution is -0.144. The van der Waals surface area contributed by atoms with Gasteiger partial charge in [-0.25, -0.2) is 0 Å². The first-order valence-corrected chi connectivity index (χ1v) is 11.0. The van der Waals surface area contributed by atoms with Crippen LogP contribution in [0.15, 0.2) is 18.2 Å². The van der Waals surface area contributed by atoms with Crippen LogP contribution in [-0.4, -0.2) is 46.6 Å². The highest BCUT2D eigenvalue weighted by atomic mass is 19.4. The standard InChI is InChI=1S/C22H27F6N3O3/c23-21(24,25)13-9-14(22(26,27)28)11-15(10-13)30-18(32)12-20(34)5-7-31(8-6-20)19(33)16-3-1-2-4-17(16)29/h9-11,16-17,34H,1-8,12,29H2,(H,30,32)/t16-,17-/m1/s1. The number of carbonyl (C=O) groups excluding carboxylic acids is 2. The number of halogens is 6. The number of aliphatic hydroxyl groups is 1. The largest absolute Gasteiger partial charge is 0.416 e. The number of nitrogens with one attached hydrogen (secondary N) is 1. The Kier molecular flexibility index (Phi) is 7.51. The molecule has 12 heteroatoms. The fourth-order valence-electron chi connectivity index (χ4n) is 4.55. The Balaban J connectivity index is 1.62. The molecule has 4 N–H and O–H groups in total. The number of hydrogen-bond donors (Lipinski definition) is 3. The highest BCUT2D eigenvalue weighted by Gasteiger charge is 2.40. The molecule has 0 bridgehead atoms. The molecular formula is C22H27F6N3O3. The normalized spacial score (nSPS) is 23.5. The molecule has 2 atom stereocenters. The van der Waals surface area contributed by atoms with Gasteiger partial charge in [0, 0.05) is 24.8 Å².